The van der Waals surface area contributed by atoms with Crippen molar-refractivity contribution in [2.24, 2.45) is 0 Å². The fourth-order valence-corrected chi connectivity index (χ4v) is 3.38. The van der Waals surface area contributed by atoms with Crippen LogP contribution in [0.25, 0.3) is 0 Å². The van der Waals surface area contributed by atoms with Crippen molar-refractivity contribution in [3.05, 3.63) is 17.1 Å². The van der Waals surface area contributed by atoms with Crippen LogP contribution in [0.5, 0.6) is 0 Å². The molecule has 1 aliphatic rings. The van der Waals surface area contributed by atoms with Gasteiger partial charge in [0.05, 0.1) is 0 Å². The molecule has 0 aromatic carbocycles. The maximum absolute atomic E-state index is 12.0. The van der Waals surface area contributed by atoms with E-state index in [9.17, 15) is 4.79 Å². The molecule has 0 unspecified atom stereocenters. The summed E-state index contributed by atoms with van der Waals surface area (Å²) in [5.74, 6) is 1.91. The van der Waals surface area contributed by atoms with Gasteiger partial charge in [-0.1, -0.05) is 37.0 Å². The highest BCUT2D eigenvalue weighted by molar-refractivity contribution is 6.53. The van der Waals surface area contributed by atoms with Crippen LogP contribution in [0.3, 0.4) is 0 Å². The molecule has 0 spiro atoms. The number of carbonyl (C=O) groups excluding carboxylic acids is 1. The van der Waals surface area contributed by atoms with Gasteiger partial charge in [0.1, 0.15) is 11.6 Å². The molecule has 1 aromatic rings. The topological polar surface area (TPSA) is 49.3 Å². The molecule has 0 radical (unpaired) electrons. The molecule has 2 heterocycles. The Morgan fingerprint density at radius 2 is 1.78 bits per heavy atom. The average molecular weight is 359 g/mol. The van der Waals surface area contributed by atoms with Gasteiger partial charge >= 0.3 is 0 Å². The lowest BCUT2D eigenvalue weighted by atomic mass is 10.0. The van der Waals surface area contributed by atoms with Crippen LogP contribution in [0, 0.1) is 13.8 Å². The predicted molar refractivity (Wildman–Crippen MR) is 94.5 cm³/mol. The molecular formula is C16H24Cl2N4O. The first-order valence-corrected chi connectivity index (χ1v) is 8.85. The predicted octanol–water partition coefficient (Wildman–Crippen LogP) is 3.06. The Kier molecular flexibility index (Phi) is 6.09. The number of anilines is 1. The molecule has 23 heavy (non-hydrogen) atoms. The van der Waals surface area contributed by atoms with Gasteiger partial charge in [-0.3, -0.25) is 4.79 Å². The zero-order valence-electron chi connectivity index (χ0n) is 14.1. The number of carbonyl (C=O) groups is 1. The first-order valence-electron chi connectivity index (χ1n) is 7.98. The van der Waals surface area contributed by atoms with Crippen molar-refractivity contribution in [3.63, 3.8) is 0 Å². The Morgan fingerprint density at radius 1 is 1.09 bits per heavy atom. The molecule has 1 aliphatic heterocycles. The molecule has 0 atom stereocenters. The van der Waals surface area contributed by atoms with E-state index in [1.165, 1.54) is 5.56 Å². The first kappa shape index (κ1) is 18.3. The minimum absolute atomic E-state index is 0.214. The zero-order chi connectivity index (χ0) is 17.1. The number of hydrogen-bond donors (Lipinski definition) is 0. The van der Waals surface area contributed by atoms with Gasteiger partial charge in [0.25, 0.3) is 5.91 Å². The summed E-state index contributed by atoms with van der Waals surface area (Å²) in [6.07, 6.45) is 0.867. The van der Waals surface area contributed by atoms with E-state index in [-0.39, 0.29) is 5.91 Å². The first-order chi connectivity index (χ1) is 10.8. The van der Waals surface area contributed by atoms with Gasteiger partial charge in [-0.05, 0) is 26.2 Å². The van der Waals surface area contributed by atoms with Gasteiger partial charge in [0, 0.05) is 37.4 Å². The standard InChI is InChI=1S/C16H24Cl2N4O/c1-10(2)13-11(3)19-12(4)20-15(13)21-6-5-7-22(9-8-21)16(23)14(17)18/h10,14H,5-9H2,1-4H3. The third-order valence-corrected chi connectivity index (χ3v) is 4.47. The number of halogens is 2. The van der Waals surface area contributed by atoms with E-state index >= 15 is 0 Å². The lowest BCUT2D eigenvalue weighted by Gasteiger charge is -2.27. The number of alkyl halides is 2. The number of amides is 1. The van der Waals surface area contributed by atoms with E-state index in [4.69, 9.17) is 23.2 Å². The summed E-state index contributed by atoms with van der Waals surface area (Å²) in [6.45, 7) is 11.1. The van der Waals surface area contributed by atoms with Crippen molar-refractivity contribution in [1.29, 1.82) is 0 Å². The lowest BCUT2D eigenvalue weighted by Crippen LogP contribution is -2.38. The molecule has 1 fully saturated rings. The van der Waals surface area contributed by atoms with Crippen LogP contribution in [0.4, 0.5) is 5.82 Å². The van der Waals surface area contributed by atoms with Crippen LogP contribution in [-0.2, 0) is 4.79 Å². The van der Waals surface area contributed by atoms with Crippen LogP contribution in [0.15, 0.2) is 0 Å². The summed E-state index contributed by atoms with van der Waals surface area (Å²) in [7, 11) is 0. The van der Waals surface area contributed by atoms with Gasteiger partial charge in [0.2, 0.25) is 0 Å². The maximum Gasteiger partial charge on any atom is 0.255 e. The molecular weight excluding hydrogens is 335 g/mol. The summed E-state index contributed by atoms with van der Waals surface area (Å²) in [5, 5.41) is 0. The van der Waals surface area contributed by atoms with E-state index < -0.39 is 4.84 Å². The number of hydrogen-bond acceptors (Lipinski definition) is 4. The fraction of sp³-hybridized carbons (Fsp3) is 0.688. The van der Waals surface area contributed by atoms with Crippen LogP contribution in [0.2, 0.25) is 0 Å². The van der Waals surface area contributed by atoms with Gasteiger partial charge in [0.15, 0.2) is 4.84 Å². The number of aryl methyl sites for hydroxylation is 2. The fourth-order valence-electron chi connectivity index (χ4n) is 3.11. The van der Waals surface area contributed by atoms with Crippen molar-refractivity contribution in [2.75, 3.05) is 31.1 Å². The van der Waals surface area contributed by atoms with E-state index in [0.29, 0.717) is 19.0 Å². The van der Waals surface area contributed by atoms with Crippen LogP contribution >= 0.6 is 23.2 Å². The molecule has 2 rings (SSSR count). The quantitative estimate of drug-likeness (QED) is 0.779. The molecule has 128 valence electrons. The second-order valence-electron chi connectivity index (χ2n) is 6.21. The number of aromatic nitrogens is 2. The van der Waals surface area contributed by atoms with Crippen LogP contribution in [0.1, 0.15) is 43.3 Å². The smallest absolute Gasteiger partial charge is 0.255 e. The molecule has 5 nitrogen and oxygen atoms in total. The second-order valence-corrected chi connectivity index (χ2v) is 7.31. The highest BCUT2D eigenvalue weighted by Gasteiger charge is 2.25. The van der Waals surface area contributed by atoms with Crippen LogP contribution in [-0.4, -0.2) is 51.8 Å². The Bertz CT molecular complexity index is 577. The van der Waals surface area contributed by atoms with Crippen molar-refractivity contribution in [3.8, 4) is 0 Å². The molecule has 1 saturated heterocycles. The lowest BCUT2D eigenvalue weighted by molar-refractivity contribution is -0.129. The normalized spacial score (nSPS) is 16.2. The molecule has 0 bridgehead atoms. The van der Waals surface area contributed by atoms with Crippen LogP contribution < -0.4 is 4.90 Å². The summed E-state index contributed by atoms with van der Waals surface area (Å²) in [4.78, 5) is 24.2. The third-order valence-electron chi connectivity index (χ3n) is 4.10. The average Bonchev–Trinajstić information content (AvgIpc) is 2.70. The Balaban J connectivity index is 2.25. The minimum Gasteiger partial charge on any atom is -0.354 e. The third kappa shape index (κ3) is 4.27. The van der Waals surface area contributed by atoms with Gasteiger partial charge in [-0.15, -0.1) is 0 Å². The number of nitrogens with zero attached hydrogens (tertiary/aromatic N) is 4. The van der Waals surface area contributed by atoms with Gasteiger partial charge in [-0.2, -0.15) is 0 Å². The Morgan fingerprint density at radius 3 is 2.39 bits per heavy atom. The summed E-state index contributed by atoms with van der Waals surface area (Å²) in [5.41, 5.74) is 2.21. The maximum atomic E-state index is 12.0. The molecule has 0 aliphatic carbocycles. The van der Waals surface area contributed by atoms with E-state index in [1.54, 1.807) is 4.90 Å². The summed E-state index contributed by atoms with van der Waals surface area (Å²) in [6, 6.07) is 0. The molecule has 0 saturated carbocycles. The van der Waals surface area contributed by atoms with Crippen molar-refractivity contribution >= 4 is 34.9 Å². The number of rotatable bonds is 3. The van der Waals surface area contributed by atoms with Gasteiger partial charge < -0.3 is 9.80 Å². The molecule has 0 N–H and O–H groups in total. The SMILES string of the molecule is Cc1nc(C)c(C(C)C)c(N2CCCN(C(=O)C(Cl)Cl)CC2)n1. The Hall–Kier alpha value is -1.07. The Labute approximate surface area is 148 Å². The second kappa shape index (κ2) is 7.67. The minimum atomic E-state index is -0.990. The monoisotopic (exact) mass is 358 g/mol. The molecule has 1 amide bonds. The van der Waals surface area contributed by atoms with Crippen molar-refractivity contribution in [1.82, 2.24) is 14.9 Å². The largest absolute Gasteiger partial charge is 0.354 e. The highest BCUT2D eigenvalue weighted by Crippen LogP contribution is 2.29. The van der Waals surface area contributed by atoms with Gasteiger partial charge in [-0.25, -0.2) is 9.97 Å². The highest BCUT2D eigenvalue weighted by atomic mass is 35.5. The van der Waals surface area contributed by atoms with E-state index in [2.05, 4.69) is 28.7 Å². The zero-order valence-corrected chi connectivity index (χ0v) is 15.7. The van der Waals surface area contributed by atoms with E-state index in [0.717, 1.165) is 36.8 Å². The van der Waals surface area contributed by atoms with Crippen molar-refractivity contribution < 1.29 is 4.79 Å². The molecule has 7 heteroatoms. The summed E-state index contributed by atoms with van der Waals surface area (Å²) >= 11 is 11.4. The summed E-state index contributed by atoms with van der Waals surface area (Å²) < 4.78 is 0. The van der Waals surface area contributed by atoms with Crippen molar-refractivity contribution in [2.45, 2.75) is 44.9 Å². The molecule has 1 aromatic heterocycles. The van der Waals surface area contributed by atoms with E-state index in [1.807, 2.05) is 13.8 Å².